The molecule has 2 rings (SSSR count). The summed E-state index contributed by atoms with van der Waals surface area (Å²) < 4.78 is 26.8. The van der Waals surface area contributed by atoms with Gasteiger partial charge in [0.2, 0.25) is 5.91 Å². The van der Waals surface area contributed by atoms with Crippen molar-refractivity contribution in [2.75, 3.05) is 33.7 Å². The molecule has 134 valence electrons. The number of carbonyl (C=O) groups excluding carboxylic acids is 1. The van der Waals surface area contributed by atoms with Crippen LogP contribution in [0.4, 0.5) is 0 Å². The quantitative estimate of drug-likeness (QED) is 0.841. The minimum absolute atomic E-state index is 0.0275. The third-order valence-corrected chi connectivity index (χ3v) is 6.50. The van der Waals surface area contributed by atoms with Crippen LogP contribution in [0.5, 0.6) is 0 Å². The molecule has 0 radical (unpaired) electrons. The van der Waals surface area contributed by atoms with E-state index >= 15 is 0 Å². The average Bonchev–Trinajstić information content (AvgIpc) is 2.60. The summed E-state index contributed by atoms with van der Waals surface area (Å²) in [5, 5.41) is 3.01. The minimum atomic E-state index is -3.38. The van der Waals surface area contributed by atoms with Gasteiger partial charge < -0.3 is 5.32 Å². The Kier molecular flexibility index (Phi) is 6.37. The Balaban J connectivity index is 1.81. The molecule has 1 aromatic rings. The fourth-order valence-corrected chi connectivity index (χ4v) is 4.01. The molecule has 1 aliphatic heterocycles. The number of benzene rings is 1. The first kappa shape index (κ1) is 18.9. The van der Waals surface area contributed by atoms with Crippen molar-refractivity contribution in [3.8, 4) is 0 Å². The number of hydrogen-bond donors (Lipinski definition) is 1. The summed E-state index contributed by atoms with van der Waals surface area (Å²) in [4.78, 5) is 12.3. The van der Waals surface area contributed by atoms with Gasteiger partial charge in [-0.1, -0.05) is 37.3 Å². The van der Waals surface area contributed by atoms with Gasteiger partial charge in [0.05, 0.1) is 0 Å². The molecule has 1 saturated heterocycles. The number of carbonyl (C=O) groups is 1. The zero-order chi connectivity index (χ0) is 17.7. The molecule has 0 saturated carbocycles. The van der Waals surface area contributed by atoms with Crippen LogP contribution < -0.4 is 5.32 Å². The van der Waals surface area contributed by atoms with Crippen LogP contribution in [0.1, 0.15) is 31.2 Å². The Morgan fingerprint density at radius 1 is 1.25 bits per heavy atom. The van der Waals surface area contributed by atoms with Crippen molar-refractivity contribution >= 4 is 16.1 Å². The fraction of sp³-hybridized carbons (Fsp3) is 0.588. The highest BCUT2D eigenvalue weighted by atomic mass is 32.2. The van der Waals surface area contributed by atoms with Crippen molar-refractivity contribution in [3.63, 3.8) is 0 Å². The van der Waals surface area contributed by atoms with Crippen molar-refractivity contribution in [3.05, 3.63) is 35.9 Å². The van der Waals surface area contributed by atoms with Crippen LogP contribution in [0.2, 0.25) is 0 Å². The highest BCUT2D eigenvalue weighted by Gasteiger charge is 2.32. The van der Waals surface area contributed by atoms with Crippen LogP contribution in [0.25, 0.3) is 0 Å². The Morgan fingerprint density at radius 3 is 2.38 bits per heavy atom. The van der Waals surface area contributed by atoms with E-state index in [9.17, 15) is 13.2 Å². The maximum atomic E-state index is 12.3. The molecular formula is C17H27N3O3S. The second-order valence-electron chi connectivity index (χ2n) is 6.52. The van der Waals surface area contributed by atoms with Gasteiger partial charge in [0.25, 0.3) is 10.2 Å². The summed E-state index contributed by atoms with van der Waals surface area (Å²) in [7, 11) is -0.322. The summed E-state index contributed by atoms with van der Waals surface area (Å²) in [5.41, 5.74) is 1.20. The molecule has 1 aromatic carbocycles. The van der Waals surface area contributed by atoms with Crippen LogP contribution in [-0.2, 0) is 15.0 Å². The van der Waals surface area contributed by atoms with Crippen LogP contribution in [0, 0.1) is 5.92 Å². The molecule has 0 aliphatic carbocycles. The van der Waals surface area contributed by atoms with Gasteiger partial charge in [-0.3, -0.25) is 4.79 Å². The molecule has 0 spiro atoms. The third-order valence-electron chi connectivity index (χ3n) is 4.56. The Hall–Kier alpha value is -1.44. The van der Waals surface area contributed by atoms with Crippen molar-refractivity contribution in [1.82, 2.24) is 13.9 Å². The minimum Gasteiger partial charge on any atom is -0.355 e. The molecule has 7 heteroatoms. The van der Waals surface area contributed by atoms with Crippen molar-refractivity contribution in [1.29, 1.82) is 0 Å². The van der Waals surface area contributed by atoms with Crippen LogP contribution in [-0.4, -0.2) is 56.7 Å². The van der Waals surface area contributed by atoms with Crippen LogP contribution in [0.3, 0.4) is 0 Å². The Bertz CT molecular complexity index is 638. The highest BCUT2D eigenvalue weighted by molar-refractivity contribution is 7.86. The van der Waals surface area contributed by atoms with E-state index in [4.69, 9.17) is 0 Å². The molecule has 1 fully saturated rings. The topological polar surface area (TPSA) is 69.7 Å². The van der Waals surface area contributed by atoms with Gasteiger partial charge in [0.15, 0.2) is 0 Å². The van der Waals surface area contributed by atoms with E-state index < -0.39 is 10.2 Å². The lowest BCUT2D eigenvalue weighted by atomic mass is 9.96. The number of rotatable bonds is 6. The van der Waals surface area contributed by atoms with E-state index in [2.05, 4.69) is 24.4 Å². The molecule has 0 bridgehead atoms. The molecule has 1 aliphatic rings. The number of hydrogen-bond acceptors (Lipinski definition) is 3. The van der Waals surface area contributed by atoms with Gasteiger partial charge in [0, 0.05) is 39.6 Å². The molecule has 1 atom stereocenters. The molecule has 6 nitrogen and oxygen atoms in total. The zero-order valence-electron chi connectivity index (χ0n) is 14.6. The summed E-state index contributed by atoms with van der Waals surface area (Å²) >= 11 is 0. The molecule has 0 unspecified atom stereocenters. The normalized spacial score (nSPS) is 18.5. The lowest BCUT2D eigenvalue weighted by Crippen LogP contribution is -2.47. The van der Waals surface area contributed by atoms with Crippen LogP contribution in [0.15, 0.2) is 30.3 Å². The summed E-state index contributed by atoms with van der Waals surface area (Å²) in [6.45, 7) is 3.47. The van der Waals surface area contributed by atoms with E-state index in [0.29, 0.717) is 32.5 Å². The molecule has 1 heterocycles. The second kappa shape index (κ2) is 8.09. The largest absolute Gasteiger partial charge is 0.355 e. The predicted octanol–water partition coefficient (Wildman–Crippen LogP) is 1.42. The average molecular weight is 353 g/mol. The SMILES string of the molecule is C[C@H](CNC(=O)C1CCN(S(=O)(=O)N(C)C)CC1)c1ccccc1. The first-order chi connectivity index (χ1) is 11.3. The van der Waals surface area contributed by atoms with Gasteiger partial charge in [-0.05, 0) is 24.3 Å². The van der Waals surface area contributed by atoms with Crippen molar-refractivity contribution < 1.29 is 13.2 Å². The molecule has 0 aromatic heterocycles. The van der Waals surface area contributed by atoms with Gasteiger partial charge >= 0.3 is 0 Å². The zero-order valence-corrected chi connectivity index (χ0v) is 15.4. The molecule has 24 heavy (non-hydrogen) atoms. The molecular weight excluding hydrogens is 326 g/mol. The smallest absolute Gasteiger partial charge is 0.281 e. The first-order valence-corrected chi connectivity index (χ1v) is 9.72. The van der Waals surface area contributed by atoms with Crippen molar-refractivity contribution in [2.24, 2.45) is 5.92 Å². The lowest BCUT2D eigenvalue weighted by Gasteiger charge is -2.32. The maximum Gasteiger partial charge on any atom is 0.281 e. The summed E-state index contributed by atoms with van der Waals surface area (Å²) in [5.74, 6) is 0.172. The van der Waals surface area contributed by atoms with Gasteiger partial charge in [-0.25, -0.2) is 0 Å². The van der Waals surface area contributed by atoms with E-state index in [-0.39, 0.29) is 17.7 Å². The van der Waals surface area contributed by atoms with E-state index in [1.165, 1.54) is 28.3 Å². The molecule has 1 N–H and O–H groups in total. The standard InChI is InChI=1S/C17H27N3O3S/c1-14(15-7-5-4-6-8-15)13-18-17(21)16-9-11-20(12-10-16)24(22,23)19(2)3/h4-8,14,16H,9-13H2,1-3H3,(H,18,21)/t14-/m1/s1. The maximum absolute atomic E-state index is 12.3. The van der Waals surface area contributed by atoms with E-state index in [0.717, 1.165) is 0 Å². The Morgan fingerprint density at radius 2 is 1.83 bits per heavy atom. The highest BCUT2D eigenvalue weighted by Crippen LogP contribution is 2.21. The fourth-order valence-electron chi connectivity index (χ4n) is 2.88. The van der Waals surface area contributed by atoms with E-state index in [1.54, 1.807) is 0 Å². The number of nitrogens with zero attached hydrogens (tertiary/aromatic N) is 2. The van der Waals surface area contributed by atoms with Gasteiger partial charge in [-0.2, -0.15) is 17.0 Å². The molecule has 1 amide bonds. The monoisotopic (exact) mass is 353 g/mol. The number of piperidine rings is 1. The van der Waals surface area contributed by atoms with Crippen molar-refractivity contribution in [2.45, 2.75) is 25.7 Å². The van der Waals surface area contributed by atoms with E-state index in [1.807, 2.05) is 18.2 Å². The number of nitrogens with one attached hydrogen (secondary N) is 1. The van der Waals surface area contributed by atoms with Gasteiger partial charge in [-0.15, -0.1) is 0 Å². The second-order valence-corrected chi connectivity index (χ2v) is 8.66. The predicted molar refractivity (Wildman–Crippen MR) is 94.8 cm³/mol. The lowest BCUT2D eigenvalue weighted by molar-refractivity contribution is -0.126. The summed E-state index contributed by atoms with van der Waals surface area (Å²) in [6, 6.07) is 10.1. The first-order valence-electron chi connectivity index (χ1n) is 8.32. The Labute approximate surface area is 145 Å². The summed E-state index contributed by atoms with van der Waals surface area (Å²) in [6.07, 6.45) is 1.14. The third kappa shape index (κ3) is 4.55. The number of amides is 1. The van der Waals surface area contributed by atoms with Crippen LogP contribution >= 0.6 is 0 Å². The van der Waals surface area contributed by atoms with Gasteiger partial charge in [0.1, 0.15) is 0 Å².